The molecule has 0 bridgehead atoms. The van der Waals surface area contributed by atoms with Crippen LogP contribution in [0.1, 0.15) is 17.0 Å². The monoisotopic (exact) mass is 440 g/mol. The number of nitrogens with one attached hydrogen (secondary N) is 1. The first-order chi connectivity index (χ1) is 14.5. The maximum absolute atomic E-state index is 12.6. The summed E-state index contributed by atoms with van der Waals surface area (Å²) in [5.41, 5.74) is 2.62. The molecule has 0 amide bonds. The van der Waals surface area contributed by atoms with Crippen molar-refractivity contribution in [3.63, 3.8) is 0 Å². The molecule has 0 spiro atoms. The number of hydrogen-bond donors (Lipinski definition) is 1. The van der Waals surface area contributed by atoms with Crippen LogP contribution in [0.25, 0.3) is 11.4 Å². The third-order valence-corrected chi connectivity index (χ3v) is 5.80. The van der Waals surface area contributed by atoms with Crippen LogP contribution in [0.5, 0.6) is 0 Å². The van der Waals surface area contributed by atoms with E-state index in [-0.39, 0.29) is 12.2 Å². The first kappa shape index (κ1) is 20.1. The van der Waals surface area contributed by atoms with Crippen molar-refractivity contribution in [2.45, 2.75) is 12.2 Å². The first-order valence-corrected chi connectivity index (χ1v) is 11.1. The fraction of sp³-hybridized carbons (Fsp3) is 0.0952. The fourth-order valence-corrected chi connectivity index (χ4v) is 4.25. The number of para-hydroxylation sites is 1. The highest BCUT2D eigenvalue weighted by molar-refractivity contribution is 7.91. The number of nitrogens with zero attached hydrogens (tertiary/aromatic N) is 3. The van der Waals surface area contributed by atoms with Gasteiger partial charge in [-0.15, -0.1) is 0 Å². The van der Waals surface area contributed by atoms with Gasteiger partial charge in [-0.2, -0.15) is 4.98 Å². The summed E-state index contributed by atoms with van der Waals surface area (Å²) in [6, 6.07) is 17.4. The van der Waals surface area contributed by atoms with E-state index in [9.17, 15) is 8.42 Å². The molecule has 0 fully saturated rings. The predicted octanol–water partition coefficient (Wildman–Crippen LogP) is 4.32. The number of hydrogen-bond acceptors (Lipinski definition) is 6. The van der Waals surface area contributed by atoms with E-state index >= 15 is 0 Å². The molecule has 0 aliphatic carbocycles. The van der Waals surface area contributed by atoms with Gasteiger partial charge in [0, 0.05) is 23.0 Å². The van der Waals surface area contributed by atoms with E-state index in [1.54, 1.807) is 60.9 Å². The third-order valence-electron chi connectivity index (χ3n) is 4.30. The summed E-state index contributed by atoms with van der Waals surface area (Å²) in [4.78, 5) is 8.36. The largest absolute Gasteiger partial charge is 0.339 e. The van der Waals surface area contributed by atoms with Gasteiger partial charge in [-0.3, -0.25) is 9.71 Å². The molecule has 9 heteroatoms. The number of rotatable bonds is 7. The van der Waals surface area contributed by atoms with Crippen molar-refractivity contribution in [2.75, 3.05) is 4.72 Å². The maximum Gasteiger partial charge on any atom is 0.236 e. The molecule has 30 heavy (non-hydrogen) atoms. The van der Waals surface area contributed by atoms with Gasteiger partial charge in [0.05, 0.1) is 17.9 Å². The van der Waals surface area contributed by atoms with Crippen molar-refractivity contribution in [3.8, 4) is 11.4 Å². The van der Waals surface area contributed by atoms with Gasteiger partial charge in [0.25, 0.3) is 0 Å². The fourth-order valence-electron chi connectivity index (χ4n) is 2.89. The van der Waals surface area contributed by atoms with E-state index in [2.05, 4.69) is 19.8 Å². The van der Waals surface area contributed by atoms with Crippen molar-refractivity contribution in [2.24, 2.45) is 0 Å². The zero-order valence-corrected chi connectivity index (χ0v) is 17.3. The summed E-state index contributed by atoms with van der Waals surface area (Å²) < 4.78 is 33.3. The Balaban J connectivity index is 1.51. The van der Waals surface area contributed by atoms with Crippen molar-refractivity contribution in [3.05, 3.63) is 95.1 Å². The molecule has 1 N–H and O–H groups in total. The lowest BCUT2D eigenvalue weighted by molar-refractivity contribution is 0.386. The van der Waals surface area contributed by atoms with Crippen LogP contribution in [0, 0.1) is 0 Å². The molecule has 0 saturated heterocycles. The summed E-state index contributed by atoms with van der Waals surface area (Å²) in [6.07, 6.45) is 3.59. The molecule has 7 nitrogen and oxygen atoms in total. The summed E-state index contributed by atoms with van der Waals surface area (Å²) in [6.45, 7) is 0. The second-order valence-corrected chi connectivity index (χ2v) is 8.73. The zero-order chi connectivity index (χ0) is 21.0. The van der Waals surface area contributed by atoms with Crippen LogP contribution < -0.4 is 4.72 Å². The number of aromatic nitrogens is 3. The van der Waals surface area contributed by atoms with Crippen LogP contribution in [0.3, 0.4) is 0 Å². The van der Waals surface area contributed by atoms with Crippen LogP contribution in [-0.4, -0.2) is 23.5 Å². The van der Waals surface area contributed by atoms with E-state index in [1.807, 2.05) is 12.1 Å². The molecule has 2 heterocycles. The quantitative estimate of drug-likeness (QED) is 0.459. The van der Waals surface area contributed by atoms with Crippen molar-refractivity contribution >= 4 is 27.3 Å². The Hall–Kier alpha value is -3.23. The average Bonchev–Trinajstić information content (AvgIpc) is 3.20. The highest BCUT2D eigenvalue weighted by Crippen LogP contribution is 2.22. The molecule has 4 aromatic rings. The molecule has 0 radical (unpaired) electrons. The molecular weight excluding hydrogens is 424 g/mol. The van der Waals surface area contributed by atoms with E-state index in [1.165, 1.54) is 0 Å². The predicted molar refractivity (Wildman–Crippen MR) is 114 cm³/mol. The second kappa shape index (κ2) is 8.64. The highest BCUT2D eigenvalue weighted by atomic mass is 35.5. The summed E-state index contributed by atoms with van der Waals surface area (Å²) in [5.74, 6) is 0.671. The SMILES string of the molecule is O=S(=O)(Cc1ccc(Cl)cc1)Nc1ccccc1Cc1nc(-c2ccncc2)no1. The number of sulfonamides is 1. The second-order valence-electron chi connectivity index (χ2n) is 6.57. The van der Waals surface area contributed by atoms with Gasteiger partial charge in [0.15, 0.2) is 0 Å². The molecule has 0 atom stereocenters. The Kier molecular flexibility index (Phi) is 5.78. The third kappa shape index (κ3) is 5.03. The van der Waals surface area contributed by atoms with Crippen LogP contribution in [-0.2, 0) is 22.2 Å². The molecule has 0 unspecified atom stereocenters. The molecule has 4 rings (SSSR count). The minimum absolute atomic E-state index is 0.161. The Bertz CT molecular complexity index is 1240. The minimum Gasteiger partial charge on any atom is -0.339 e. The number of halogens is 1. The average molecular weight is 441 g/mol. The van der Waals surface area contributed by atoms with Crippen molar-refractivity contribution < 1.29 is 12.9 Å². The van der Waals surface area contributed by atoms with Gasteiger partial charge in [0.2, 0.25) is 21.7 Å². The summed E-state index contributed by atoms with van der Waals surface area (Å²) in [5, 5.41) is 4.54. The lowest BCUT2D eigenvalue weighted by Crippen LogP contribution is -2.16. The number of pyridine rings is 1. The maximum atomic E-state index is 12.6. The molecule has 0 aliphatic rings. The van der Waals surface area contributed by atoms with E-state index in [0.717, 1.165) is 11.1 Å². The highest BCUT2D eigenvalue weighted by Gasteiger charge is 2.16. The lowest BCUT2D eigenvalue weighted by Gasteiger charge is -2.12. The minimum atomic E-state index is -3.62. The standard InChI is InChI=1S/C21H17ClN4O3S/c22-18-7-5-15(6-8-18)14-30(27,28)26-19-4-2-1-3-17(19)13-20-24-21(25-29-20)16-9-11-23-12-10-16/h1-12,26H,13-14H2. The first-order valence-electron chi connectivity index (χ1n) is 9.04. The molecule has 0 aliphatic heterocycles. The Morgan fingerprint density at radius 2 is 1.70 bits per heavy atom. The molecular formula is C21H17ClN4O3S. The lowest BCUT2D eigenvalue weighted by atomic mass is 10.1. The smallest absolute Gasteiger partial charge is 0.236 e. The van der Waals surface area contributed by atoms with Crippen LogP contribution in [0.15, 0.2) is 77.6 Å². The van der Waals surface area contributed by atoms with Gasteiger partial charge >= 0.3 is 0 Å². The van der Waals surface area contributed by atoms with Crippen molar-refractivity contribution in [1.29, 1.82) is 0 Å². The van der Waals surface area contributed by atoms with Crippen LogP contribution in [0.2, 0.25) is 5.02 Å². The van der Waals surface area contributed by atoms with Gasteiger partial charge < -0.3 is 4.52 Å². The number of anilines is 1. The van der Waals surface area contributed by atoms with Gasteiger partial charge in [-0.25, -0.2) is 8.42 Å². The Labute approximate surface area is 178 Å². The molecule has 152 valence electrons. The van der Waals surface area contributed by atoms with E-state index < -0.39 is 10.0 Å². The Morgan fingerprint density at radius 1 is 0.967 bits per heavy atom. The summed E-state index contributed by atoms with van der Waals surface area (Å²) >= 11 is 5.86. The van der Waals surface area contributed by atoms with Crippen LogP contribution in [0.4, 0.5) is 5.69 Å². The molecule has 2 aromatic heterocycles. The van der Waals surface area contributed by atoms with Crippen molar-refractivity contribution in [1.82, 2.24) is 15.1 Å². The zero-order valence-electron chi connectivity index (χ0n) is 15.7. The van der Waals surface area contributed by atoms with Crippen LogP contribution >= 0.6 is 11.6 Å². The van der Waals surface area contributed by atoms with Gasteiger partial charge in [0.1, 0.15) is 0 Å². The Morgan fingerprint density at radius 3 is 2.47 bits per heavy atom. The van der Waals surface area contributed by atoms with E-state index in [4.69, 9.17) is 16.1 Å². The number of benzene rings is 2. The molecule has 2 aromatic carbocycles. The van der Waals surface area contributed by atoms with Gasteiger partial charge in [-0.1, -0.05) is 47.1 Å². The van der Waals surface area contributed by atoms with E-state index in [0.29, 0.717) is 28.0 Å². The van der Waals surface area contributed by atoms with Gasteiger partial charge in [-0.05, 0) is 41.5 Å². The molecule has 0 saturated carbocycles. The topological polar surface area (TPSA) is 98.0 Å². The summed E-state index contributed by atoms with van der Waals surface area (Å²) in [7, 11) is -3.62. The normalized spacial score (nSPS) is 11.4.